The minimum atomic E-state index is 0.642. The molecule has 0 spiro atoms. The van der Waals surface area contributed by atoms with E-state index in [4.69, 9.17) is 5.73 Å². The third-order valence-corrected chi connectivity index (χ3v) is 3.84. The summed E-state index contributed by atoms with van der Waals surface area (Å²) in [5, 5.41) is 7.30. The van der Waals surface area contributed by atoms with Gasteiger partial charge in [-0.25, -0.2) is 4.98 Å². The summed E-state index contributed by atoms with van der Waals surface area (Å²) < 4.78 is 0. The summed E-state index contributed by atoms with van der Waals surface area (Å²) in [5.41, 5.74) is 7.53. The predicted molar refractivity (Wildman–Crippen MR) is 78.3 cm³/mol. The lowest BCUT2D eigenvalue weighted by Gasteiger charge is -2.30. The van der Waals surface area contributed by atoms with E-state index >= 15 is 0 Å². The van der Waals surface area contributed by atoms with Gasteiger partial charge in [0.05, 0.1) is 0 Å². The molecule has 0 amide bonds. The molecule has 0 radical (unpaired) electrons. The van der Waals surface area contributed by atoms with Gasteiger partial charge in [0.1, 0.15) is 5.69 Å². The van der Waals surface area contributed by atoms with Crippen LogP contribution in [-0.4, -0.2) is 39.8 Å². The Kier molecular flexibility index (Phi) is 3.64. The van der Waals surface area contributed by atoms with Crippen LogP contribution < -0.4 is 10.6 Å². The third-order valence-electron chi connectivity index (χ3n) is 3.84. The van der Waals surface area contributed by atoms with Crippen molar-refractivity contribution in [2.24, 2.45) is 11.7 Å². The zero-order valence-corrected chi connectivity index (χ0v) is 11.7. The average molecular weight is 272 g/mol. The SMILES string of the molecule is Cc1cccc(-c2nc(N3CCC(CN)CC3)n[nH]2)n1. The molecule has 0 aliphatic carbocycles. The van der Waals surface area contributed by atoms with E-state index in [0.29, 0.717) is 5.92 Å². The second kappa shape index (κ2) is 5.58. The Hall–Kier alpha value is -1.95. The van der Waals surface area contributed by atoms with Crippen molar-refractivity contribution in [2.45, 2.75) is 19.8 Å². The summed E-state index contributed by atoms with van der Waals surface area (Å²) in [4.78, 5) is 11.2. The van der Waals surface area contributed by atoms with Crippen LogP contribution in [0.5, 0.6) is 0 Å². The molecule has 1 aliphatic rings. The number of piperidine rings is 1. The summed E-state index contributed by atoms with van der Waals surface area (Å²) in [7, 11) is 0. The maximum Gasteiger partial charge on any atom is 0.245 e. The number of aromatic amines is 1. The first-order valence-corrected chi connectivity index (χ1v) is 7.07. The monoisotopic (exact) mass is 272 g/mol. The molecule has 1 saturated heterocycles. The number of anilines is 1. The number of hydrogen-bond donors (Lipinski definition) is 2. The molecule has 0 aromatic carbocycles. The molecule has 3 rings (SSSR count). The van der Waals surface area contributed by atoms with Crippen LogP contribution in [0.3, 0.4) is 0 Å². The minimum absolute atomic E-state index is 0.642. The van der Waals surface area contributed by atoms with Crippen LogP contribution in [0.1, 0.15) is 18.5 Å². The van der Waals surface area contributed by atoms with Crippen molar-refractivity contribution in [2.75, 3.05) is 24.5 Å². The van der Waals surface area contributed by atoms with Gasteiger partial charge in [-0.3, -0.25) is 5.10 Å². The summed E-state index contributed by atoms with van der Waals surface area (Å²) in [5.74, 6) is 2.13. The van der Waals surface area contributed by atoms with Crippen molar-refractivity contribution in [3.8, 4) is 11.5 Å². The second-order valence-electron chi connectivity index (χ2n) is 5.31. The van der Waals surface area contributed by atoms with E-state index in [1.165, 1.54) is 0 Å². The summed E-state index contributed by atoms with van der Waals surface area (Å²) in [6, 6.07) is 5.89. The van der Waals surface area contributed by atoms with Crippen LogP contribution in [0.25, 0.3) is 11.5 Å². The van der Waals surface area contributed by atoms with Gasteiger partial charge in [0, 0.05) is 18.8 Å². The molecule has 0 unspecified atom stereocenters. The van der Waals surface area contributed by atoms with Gasteiger partial charge in [0.15, 0.2) is 5.82 Å². The molecule has 20 heavy (non-hydrogen) atoms. The zero-order valence-electron chi connectivity index (χ0n) is 11.7. The van der Waals surface area contributed by atoms with E-state index in [9.17, 15) is 0 Å². The molecule has 0 bridgehead atoms. The molecular weight excluding hydrogens is 252 g/mol. The van der Waals surface area contributed by atoms with E-state index < -0.39 is 0 Å². The highest BCUT2D eigenvalue weighted by atomic mass is 15.4. The molecule has 0 saturated carbocycles. The molecule has 1 aliphatic heterocycles. The van der Waals surface area contributed by atoms with Crippen LogP contribution in [-0.2, 0) is 0 Å². The fourth-order valence-electron chi connectivity index (χ4n) is 2.55. The zero-order chi connectivity index (χ0) is 13.9. The highest BCUT2D eigenvalue weighted by Gasteiger charge is 2.21. The van der Waals surface area contributed by atoms with Crippen molar-refractivity contribution >= 4 is 5.95 Å². The van der Waals surface area contributed by atoms with Crippen LogP contribution in [0, 0.1) is 12.8 Å². The Bertz CT molecular complexity index is 571. The van der Waals surface area contributed by atoms with Gasteiger partial charge in [-0.05, 0) is 44.4 Å². The summed E-state index contributed by atoms with van der Waals surface area (Å²) in [6.45, 7) is 4.69. The second-order valence-corrected chi connectivity index (χ2v) is 5.31. The Morgan fingerprint density at radius 2 is 2.10 bits per heavy atom. The number of hydrogen-bond acceptors (Lipinski definition) is 5. The van der Waals surface area contributed by atoms with Crippen molar-refractivity contribution < 1.29 is 0 Å². The van der Waals surface area contributed by atoms with Gasteiger partial charge < -0.3 is 10.6 Å². The quantitative estimate of drug-likeness (QED) is 0.881. The van der Waals surface area contributed by atoms with Crippen LogP contribution in [0.15, 0.2) is 18.2 Å². The molecule has 0 atom stereocenters. The maximum absolute atomic E-state index is 5.72. The van der Waals surface area contributed by atoms with Crippen molar-refractivity contribution in [1.29, 1.82) is 0 Å². The smallest absolute Gasteiger partial charge is 0.245 e. The average Bonchev–Trinajstić information content (AvgIpc) is 2.97. The fraction of sp³-hybridized carbons (Fsp3) is 0.500. The van der Waals surface area contributed by atoms with E-state index in [2.05, 4.69) is 25.1 Å². The molecular formula is C14H20N6. The molecule has 1 fully saturated rings. The predicted octanol–water partition coefficient (Wildman–Crippen LogP) is 1.35. The van der Waals surface area contributed by atoms with Gasteiger partial charge in [0.2, 0.25) is 5.95 Å². The number of aryl methyl sites for hydroxylation is 1. The van der Waals surface area contributed by atoms with Gasteiger partial charge in [-0.1, -0.05) is 6.07 Å². The normalized spacial score (nSPS) is 16.6. The number of aromatic nitrogens is 4. The first-order valence-electron chi connectivity index (χ1n) is 7.07. The van der Waals surface area contributed by atoms with Crippen LogP contribution >= 0.6 is 0 Å². The third kappa shape index (κ3) is 2.65. The minimum Gasteiger partial charge on any atom is -0.340 e. The van der Waals surface area contributed by atoms with E-state index in [-0.39, 0.29) is 0 Å². The number of nitrogens with zero attached hydrogens (tertiary/aromatic N) is 4. The highest BCUT2D eigenvalue weighted by molar-refractivity contribution is 5.51. The number of pyridine rings is 1. The van der Waals surface area contributed by atoms with Gasteiger partial charge in [0.25, 0.3) is 0 Å². The maximum atomic E-state index is 5.72. The van der Waals surface area contributed by atoms with Crippen molar-refractivity contribution in [1.82, 2.24) is 20.2 Å². The Morgan fingerprint density at radius 3 is 2.80 bits per heavy atom. The van der Waals surface area contributed by atoms with E-state index in [1.807, 2.05) is 25.1 Å². The van der Waals surface area contributed by atoms with E-state index in [0.717, 1.165) is 55.6 Å². The Labute approximate surface area is 118 Å². The standard InChI is InChI=1S/C14H20N6/c1-10-3-2-4-12(16-10)13-17-14(19-18-13)20-7-5-11(9-15)6-8-20/h2-4,11H,5-9,15H2,1H3,(H,17,18,19). The molecule has 2 aromatic rings. The van der Waals surface area contributed by atoms with Crippen molar-refractivity contribution in [3.05, 3.63) is 23.9 Å². The summed E-state index contributed by atoms with van der Waals surface area (Å²) >= 11 is 0. The van der Waals surface area contributed by atoms with Gasteiger partial charge >= 0.3 is 0 Å². The van der Waals surface area contributed by atoms with Gasteiger partial charge in [-0.15, -0.1) is 5.10 Å². The topological polar surface area (TPSA) is 83.7 Å². The number of H-pyrrole nitrogens is 1. The highest BCUT2D eigenvalue weighted by Crippen LogP contribution is 2.21. The molecule has 6 heteroatoms. The first-order chi connectivity index (χ1) is 9.76. The molecule has 6 nitrogen and oxygen atoms in total. The molecule has 3 heterocycles. The van der Waals surface area contributed by atoms with Crippen molar-refractivity contribution in [3.63, 3.8) is 0 Å². The summed E-state index contributed by atoms with van der Waals surface area (Å²) in [6.07, 6.45) is 2.23. The molecule has 106 valence electrons. The largest absolute Gasteiger partial charge is 0.340 e. The first kappa shape index (κ1) is 13.1. The van der Waals surface area contributed by atoms with E-state index in [1.54, 1.807) is 0 Å². The number of nitrogens with one attached hydrogen (secondary N) is 1. The van der Waals surface area contributed by atoms with Gasteiger partial charge in [-0.2, -0.15) is 4.98 Å². The molecule has 2 aromatic heterocycles. The molecule has 3 N–H and O–H groups in total. The lowest BCUT2D eigenvalue weighted by molar-refractivity contribution is 0.411. The fourth-order valence-corrected chi connectivity index (χ4v) is 2.55. The number of rotatable bonds is 3. The van der Waals surface area contributed by atoms with Crippen LogP contribution in [0.4, 0.5) is 5.95 Å². The van der Waals surface area contributed by atoms with Crippen LogP contribution in [0.2, 0.25) is 0 Å². The Morgan fingerprint density at radius 1 is 1.30 bits per heavy atom. The Balaban J connectivity index is 1.74. The lowest BCUT2D eigenvalue weighted by atomic mass is 9.97. The number of nitrogens with two attached hydrogens (primary N) is 1. The lowest BCUT2D eigenvalue weighted by Crippen LogP contribution is -2.36.